The average Bonchev–Trinajstić information content (AvgIpc) is 3.45. The van der Waals surface area contributed by atoms with E-state index < -0.39 is 0 Å². The number of thiazole rings is 1. The Kier molecular flexibility index (Phi) is 5.56. The van der Waals surface area contributed by atoms with E-state index in [1.165, 1.54) is 11.3 Å². The molecule has 1 amide bonds. The lowest BCUT2D eigenvalue weighted by Gasteiger charge is -2.34. The predicted molar refractivity (Wildman–Crippen MR) is 127 cm³/mol. The molecule has 1 saturated heterocycles. The summed E-state index contributed by atoms with van der Waals surface area (Å²) in [5.41, 5.74) is 2.84. The van der Waals surface area contributed by atoms with Gasteiger partial charge in [-0.3, -0.25) is 9.69 Å². The Balaban J connectivity index is 1.33. The van der Waals surface area contributed by atoms with Crippen LogP contribution < -0.4 is 0 Å². The van der Waals surface area contributed by atoms with Gasteiger partial charge in [0.05, 0.1) is 32.0 Å². The molecule has 31 heavy (non-hydrogen) atoms. The fraction of sp³-hybridized carbons (Fsp3) is 0.318. The third kappa shape index (κ3) is 4.01. The number of aromatic nitrogens is 3. The molecule has 6 nitrogen and oxygen atoms in total. The van der Waals surface area contributed by atoms with Crippen molar-refractivity contribution in [3.63, 3.8) is 0 Å². The minimum absolute atomic E-state index is 0.0930. The van der Waals surface area contributed by atoms with Gasteiger partial charge in [0.15, 0.2) is 0 Å². The van der Waals surface area contributed by atoms with E-state index in [0.717, 1.165) is 69.9 Å². The molecule has 9 heteroatoms. The first kappa shape index (κ1) is 20.6. The van der Waals surface area contributed by atoms with Gasteiger partial charge in [0.2, 0.25) is 0 Å². The molecule has 4 aromatic rings. The molecule has 0 aliphatic carbocycles. The number of rotatable bonds is 4. The molecule has 1 aliphatic heterocycles. The number of aryl methyl sites for hydroxylation is 2. The number of hydrogen-bond acceptors (Lipinski definition) is 6. The Bertz CT molecular complexity index is 1250. The van der Waals surface area contributed by atoms with E-state index in [1.54, 1.807) is 11.3 Å². The quantitative estimate of drug-likeness (QED) is 0.430. The molecule has 3 aromatic heterocycles. The number of benzene rings is 1. The van der Waals surface area contributed by atoms with Gasteiger partial charge >= 0.3 is 0 Å². The second-order valence-corrected chi connectivity index (χ2v) is 10.2. The zero-order valence-electron chi connectivity index (χ0n) is 17.3. The monoisotopic (exact) mass is 471 g/mol. The smallest absolute Gasteiger partial charge is 0.264 e. The van der Waals surface area contributed by atoms with Crippen molar-refractivity contribution in [3.05, 3.63) is 62.0 Å². The molecule has 160 valence electrons. The predicted octanol–water partition coefficient (Wildman–Crippen LogP) is 4.77. The van der Waals surface area contributed by atoms with Crippen molar-refractivity contribution in [2.45, 2.75) is 20.4 Å². The Morgan fingerprint density at radius 2 is 1.94 bits per heavy atom. The molecule has 0 atom stereocenters. The SMILES string of the molecule is Cc1nc(CN2CCN(C(=O)c3cc4c(C)nn(-c5ccccc5Cl)c4s3)CC2)cs1. The molecule has 0 N–H and O–H groups in total. The summed E-state index contributed by atoms with van der Waals surface area (Å²) in [6, 6.07) is 9.61. The highest BCUT2D eigenvalue weighted by Gasteiger charge is 2.25. The number of hydrogen-bond donors (Lipinski definition) is 0. The van der Waals surface area contributed by atoms with Crippen LogP contribution in [0.5, 0.6) is 0 Å². The summed E-state index contributed by atoms with van der Waals surface area (Å²) in [4.78, 5) is 23.8. The van der Waals surface area contributed by atoms with E-state index >= 15 is 0 Å². The van der Waals surface area contributed by atoms with Crippen molar-refractivity contribution in [2.75, 3.05) is 26.2 Å². The van der Waals surface area contributed by atoms with Crippen LogP contribution in [0.2, 0.25) is 5.02 Å². The second kappa shape index (κ2) is 8.35. The van der Waals surface area contributed by atoms with Gasteiger partial charge in [-0.05, 0) is 32.0 Å². The van der Waals surface area contributed by atoms with E-state index in [2.05, 4.69) is 20.4 Å². The van der Waals surface area contributed by atoms with E-state index in [0.29, 0.717) is 5.02 Å². The number of thiophene rings is 1. The lowest BCUT2D eigenvalue weighted by Crippen LogP contribution is -2.48. The number of nitrogens with zero attached hydrogens (tertiary/aromatic N) is 5. The number of para-hydroxylation sites is 1. The average molecular weight is 472 g/mol. The molecule has 1 aliphatic rings. The number of carbonyl (C=O) groups excluding carboxylic acids is 1. The third-order valence-corrected chi connectivity index (χ3v) is 7.79. The summed E-state index contributed by atoms with van der Waals surface area (Å²) in [6.45, 7) is 8.02. The summed E-state index contributed by atoms with van der Waals surface area (Å²) in [6.07, 6.45) is 0. The standard InChI is InChI=1S/C22H22ClN5OS2/c1-14-17-11-20(31-22(17)28(25-14)19-6-4-3-5-18(19)23)21(29)27-9-7-26(8-10-27)12-16-13-30-15(2)24-16/h3-6,11,13H,7-10,12H2,1-2H3. The van der Waals surface area contributed by atoms with Crippen molar-refractivity contribution in [1.82, 2.24) is 24.6 Å². The number of fused-ring (bicyclic) bond motifs is 1. The van der Waals surface area contributed by atoms with Gasteiger partial charge in [-0.1, -0.05) is 23.7 Å². The lowest BCUT2D eigenvalue weighted by molar-refractivity contribution is 0.0632. The van der Waals surface area contributed by atoms with Crippen molar-refractivity contribution < 1.29 is 4.79 Å². The molecule has 1 aromatic carbocycles. The van der Waals surface area contributed by atoms with Crippen molar-refractivity contribution in [2.24, 2.45) is 0 Å². The first-order chi connectivity index (χ1) is 15.0. The maximum atomic E-state index is 13.2. The fourth-order valence-corrected chi connectivity index (χ4v) is 5.88. The molecular formula is C22H22ClN5OS2. The van der Waals surface area contributed by atoms with Gasteiger partial charge in [-0.15, -0.1) is 22.7 Å². The zero-order chi connectivity index (χ0) is 21.5. The number of carbonyl (C=O) groups is 1. The fourth-order valence-electron chi connectivity index (χ4n) is 3.91. The normalized spacial score (nSPS) is 15.1. The second-order valence-electron chi connectivity index (χ2n) is 7.70. The van der Waals surface area contributed by atoms with E-state index in [1.807, 2.05) is 53.8 Å². The number of amides is 1. The zero-order valence-corrected chi connectivity index (χ0v) is 19.7. The number of halogens is 1. The maximum Gasteiger partial charge on any atom is 0.264 e. The molecule has 5 rings (SSSR count). The molecule has 0 bridgehead atoms. The highest BCUT2D eigenvalue weighted by Crippen LogP contribution is 2.33. The Morgan fingerprint density at radius 3 is 2.65 bits per heavy atom. The van der Waals surface area contributed by atoms with Gasteiger partial charge < -0.3 is 4.90 Å². The minimum Gasteiger partial charge on any atom is -0.335 e. The molecule has 1 fully saturated rings. The van der Waals surface area contributed by atoms with Crippen LogP contribution in [0.25, 0.3) is 15.9 Å². The van der Waals surface area contributed by atoms with Gasteiger partial charge in [0, 0.05) is 43.5 Å². The van der Waals surface area contributed by atoms with Crippen LogP contribution in [0.1, 0.15) is 26.1 Å². The maximum absolute atomic E-state index is 13.2. The summed E-state index contributed by atoms with van der Waals surface area (Å²) in [5.74, 6) is 0.0930. The first-order valence-electron chi connectivity index (χ1n) is 10.2. The number of piperazine rings is 1. The van der Waals surface area contributed by atoms with E-state index in [-0.39, 0.29) is 5.91 Å². The van der Waals surface area contributed by atoms with Crippen molar-refractivity contribution >= 4 is 50.4 Å². The van der Waals surface area contributed by atoms with Crippen LogP contribution in [0.4, 0.5) is 0 Å². The summed E-state index contributed by atoms with van der Waals surface area (Å²) in [5, 5.41) is 9.51. The minimum atomic E-state index is 0.0930. The van der Waals surface area contributed by atoms with Gasteiger partial charge in [0.25, 0.3) is 5.91 Å². The van der Waals surface area contributed by atoms with Crippen LogP contribution in [0.3, 0.4) is 0 Å². The first-order valence-corrected chi connectivity index (χ1v) is 12.2. The van der Waals surface area contributed by atoms with E-state index in [9.17, 15) is 4.79 Å². The molecule has 0 spiro atoms. The van der Waals surface area contributed by atoms with Gasteiger partial charge in [0.1, 0.15) is 4.83 Å². The van der Waals surface area contributed by atoms with Crippen LogP contribution in [-0.4, -0.2) is 56.7 Å². The third-order valence-electron chi connectivity index (χ3n) is 5.55. The summed E-state index contributed by atoms with van der Waals surface area (Å²) in [7, 11) is 0. The van der Waals surface area contributed by atoms with Gasteiger partial charge in [-0.25, -0.2) is 9.67 Å². The van der Waals surface area contributed by atoms with Gasteiger partial charge in [-0.2, -0.15) is 5.10 Å². The van der Waals surface area contributed by atoms with Crippen LogP contribution in [0.15, 0.2) is 35.7 Å². The highest BCUT2D eigenvalue weighted by molar-refractivity contribution is 7.20. The van der Waals surface area contributed by atoms with Crippen LogP contribution in [0, 0.1) is 13.8 Å². The Hall–Kier alpha value is -2.26. The molecule has 0 radical (unpaired) electrons. The van der Waals surface area contributed by atoms with Crippen molar-refractivity contribution in [3.8, 4) is 5.69 Å². The molecule has 0 unspecified atom stereocenters. The lowest BCUT2D eigenvalue weighted by atomic mass is 10.2. The van der Waals surface area contributed by atoms with Crippen LogP contribution >= 0.6 is 34.3 Å². The Morgan fingerprint density at radius 1 is 1.16 bits per heavy atom. The molecular weight excluding hydrogens is 450 g/mol. The topological polar surface area (TPSA) is 54.3 Å². The summed E-state index contributed by atoms with van der Waals surface area (Å²) >= 11 is 9.56. The Labute approximate surface area is 193 Å². The van der Waals surface area contributed by atoms with Crippen molar-refractivity contribution in [1.29, 1.82) is 0 Å². The van der Waals surface area contributed by atoms with E-state index in [4.69, 9.17) is 11.6 Å². The summed E-state index contributed by atoms with van der Waals surface area (Å²) < 4.78 is 1.85. The molecule has 0 saturated carbocycles. The largest absolute Gasteiger partial charge is 0.335 e. The highest BCUT2D eigenvalue weighted by atomic mass is 35.5. The van der Waals surface area contributed by atoms with Crippen LogP contribution in [-0.2, 0) is 6.54 Å². The molecule has 4 heterocycles.